The zero-order chi connectivity index (χ0) is 23.8. The van der Waals surface area contributed by atoms with Crippen molar-refractivity contribution in [2.45, 2.75) is 64.3 Å². The van der Waals surface area contributed by atoms with Gasteiger partial charge in [-0.3, -0.25) is 29.1 Å². The molecule has 0 saturated carbocycles. The Hall–Kier alpha value is -3.72. The number of hydrogen-bond donors (Lipinski definition) is 2. The Morgan fingerprint density at radius 3 is 2.76 bits per heavy atom. The molecule has 0 spiro atoms. The number of amides is 3. The monoisotopic (exact) mass is 453 g/mol. The van der Waals surface area contributed by atoms with E-state index in [1.807, 2.05) is 0 Å². The number of nitrogens with zero attached hydrogens (tertiary/aromatic N) is 5. The first-order valence-electron chi connectivity index (χ1n) is 11.1. The highest BCUT2D eigenvalue weighted by molar-refractivity contribution is 6.01. The van der Waals surface area contributed by atoms with Crippen LogP contribution in [0, 0.1) is 6.92 Å². The number of benzene rings is 1. The van der Waals surface area contributed by atoms with Gasteiger partial charge in [0.2, 0.25) is 17.7 Å². The van der Waals surface area contributed by atoms with Gasteiger partial charge in [-0.15, -0.1) is 0 Å². The topological polar surface area (TPSA) is 159 Å². The number of piperidine rings is 1. The average Bonchev–Trinajstić information content (AvgIpc) is 2.77. The van der Waals surface area contributed by atoms with Crippen molar-refractivity contribution in [1.29, 1.82) is 0 Å². The standard InChI is InChI=1S/C22H27N7O4/c1-14-25-20-15(22(33)29(14)17-11-12-19(31)27-21(17)32)8-7-9-16(20)26-18(30)10-5-3-2-4-6-13-24-28-23/h7-9,17H,2-6,10-13H2,1H3,(H,26,30)(H,27,31,32). The molecule has 1 aromatic heterocycles. The number of carbonyl (C=O) groups excluding carboxylic acids is 3. The summed E-state index contributed by atoms with van der Waals surface area (Å²) in [7, 11) is 0. The molecule has 1 unspecified atom stereocenters. The van der Waals surface area contributed by atoms with Crippen LogP contribution >= 0.6 is 0 Å². The summed E-state index contributed by atoms with van der Waals surface area (Å²) in [6.07, 6.45) is 5.12. The molecule has 3 amide bonds. The van der Waals surface area contributed by atoms with Gasteiger partial charge in [0.1, 0.15) is 17.4 Å². The van der Waals surface area contributed by atoms with Crippen LogP contribution in [0.25, 0.3) is 21.3 Å². The van der Waals surface area contributed by atoms with Gasteiger partial charge >= 0.3 is 0 Å². The second kappa shape index (κ2) is 11.2. The van der Waals surface area contributed by atoms with Crippen LogP contribution in [0.3, 0.4) is 0 Å². The Balaban J connectivity index is 1.68. The molecule has 1 atom stereocenters. The zero-order valence-corrected chi connectivity index (χ0v) is 18.5. The molecule has 33 heavy (non-hydrogen) atoms. The number of azide groups is 1. The molecule has 2 N–H and O–H groups in total. The van der Waals surface area contributed by atoms with Crippen molar-refractivity contribution >= 4 is 34.3 Å². The summed E-state index contributed by atoms with van der Waals surface area (Å²) < 4.78 is 1.32. The lowest BCUT2D eigenvalue weighted by Crippen LogP contribution is -2.45. The van der Waals surface area contributed by atoms with E-state index in [2.05, 4.69) is 25.6 Å². The third-order valence-electron chi connectivity index (χ3n) is 5.63. The third kappa shape index (κ3) is 5.95. The van der Waals surface area contributed by atoms with Gasteiger partial charge in [0.25, 0.3) is 5.56 Å². The van der Waals surface area contributed by atoms with Crippen molar-refractivity contribution in [2.75, 3.05) is 11.9 Å². The van der Waals surface area contributed by atoms with Gasteiger partial charge in [-0.25, -0.2) is 4.98 Å². The fourth-order valence-corrected chi connectivity index (χ4v) is 3.98. The highest BCUT2D eigenvalue weighted by Crippen LogP contribution is 2.23. The molecule has 1 fully saturated rings. The smallest absolute Gasteiger partial charge is 0.262 e. The van der Waals surface area contributed by atoms with Gasteiger partial charge in [-0.2, -0.15) is 0 Å². The maximum Gasteiger partial charge on any atom is 0.262 e. The number of rotatable bonds is 10. The van der Waals surface area contributed by atoms with Crippen molar-refractivity contribution < 1.29 is 14.4 Å². The Morgan fingerprint density at radius 1 is 1.24 bits per heavy atom. The van der Waals surface area contributed by atoms with Crippen molar-refractivity contribution in [3.05, 3.63) is 44.8 Å². The van der Waals surface area contributed by atoms with E-state index < -0.39 is 11.9 Å². The number of unbranched alkanes of at least 4 members (excludes halogenated alkanes) is 4. The number of carbonyl (C=O) groups is 3. The van der Waals surface area contributed by atoms with E-state index >= 15 is 0 Å². The molecular weight excluding hydrogens is 426 g/mol. The fraction of sp³-hybridized carbons (Fsp3) is 0.500. The van der Waals surface area contributed by atoms with Crippen LogP contribution in [0.2, 0.25) is 0 Å². The molecule has 2 aromatic rings. The normalized spacial score (nSPS) is 15.7. The van der Waals surface area contributed by atoms with Gasteiger partial charge in [0.15, 0.2) is 0 Å². The SMILES string of the molecule is Cc1nc2c(NC(=O)CCCCCCCN=[N+]=[N-])cccc2c(=O)n1C1CCC(=O)NC1=O. The minimum Gasteiger partial charge on any atom is -0.324 e. The Bertz CT molecular complexity index is 1170. The number of aryl methyl sites for hydroxylation is 1. The molecule has 0 radical (unpaired) electrons. The minimum atomic E-state index is -0.794. The maximum atomic E-state index is 13.2. The molecule has 3 rings (SSSR count). The summed E-state index contributed by atoms with van der Waals surface area (Å²) in [6, 6.07) is 4.17. The van der Waals surface area contributed by atoms with Crippen LogP contribution in [0.5, 0.6) is 0 Å². The van der Waals surface area contributed by atoms with E-state index in [9.17, 15) is 19.2 Å². The fourth-order valence-electron chi connectivity index (χ4n) is 3.98. The van der Waals surface area contributed by atoms with E-state index in [4.69, 9.17) is 5.53 Å². The number of para-hydroxylation sites is 1. The van der Waals surface area contributed by atoms with Crippen LogP contribution in [-0.4, -0.2) is 33.8 Å². The summed E-state index contributed by atoms with van der Waals surface area (Å²) in [5.74, 6) is -0.691. The lowest BCUT2D eigenvalue weighted by atomic mass is 10.1. The number of fused-ring (bicyclic) bond motifs is 1. The van der Waals surface area contributed by atoms with Gasteiger partial charge in [-0.05, 0) is 43.9 Å². The maximum absolute atomic E-state index is 13.2. The van der Waals surface area contributed by atoms with Crippen molar-refractivity contribution in [1.82, 2.24) is 14.9 Å². The molecule has 11 heteroatoms. The number of imide groups is 1. The first kappa shape index (κ1) is 23.9. The van der Waals surface area contributed by atoms with Gasteiger partial charge in [0.05, 0.1) is 11.1 Å². The number of nitrogens with one attached hydrogen (secondary N) is 2. The minimum absolute atomic E-state index is 0.157. The first-order valence-corrected chi connectivity index (χ1v) is 11.1. The largest absolute Gasteiger partial charge is 0.324 e. The highest BCUT2D eigenvalue weighted by Gasteiger charge is 2.30. The number of anilines is 1. The summed E-state index contributed by atoms with van der Waals surface area (Å²) in [5, 5.41) is 8.90. The summed E-state index contributed by atoms with van der Waals surface area (Å²) in [4.78, 5) is 56.6. The van der Waals surface area contributed by atoms with Crippen molar-refractivity contribution in [3.63, 3.8) is 0 Å². The van der Waals surface area contributed by atoms with Gasteiger partial charge in [-0.1, -0.05) is 30.4 Å². The molecule has 0 bridgehead atoms. The van der Waals surface area contributed by atoms with E-state index in [1.165, 1.54) is 4.57 Å². The Kier molecular flexibility index (Phi) is 8.15. The summed E-state index contributed by atoms with van der Waals surface area (Å²) in [6.45, 7) is 2.13. The molecule has 0 aliphatic carbocycles. The molecule has 1 aromatic carbocycles. The first-order chi connectivity index (χ1) is 15.9. The van der Waals surface area contributed by atoms with Gasteiger partial charge < -0.3 is 5.32 Å². The van der Waals surface area contributed by atoms with E-state index in [1.54, 1.807) is 25.1 Å². The Morgan fingerprint density at radius 2 is 2.00 bits per heavy atom. The van der Waals surface area contributed by atoms with Crippen molar-refractivity contribution in [2.24, 2.45) is 5.11 Å². The van der Waals surface area contributed by atoms with E-state index in [0.717, 1.165) is 32.1 Å². The number of aromatic nitrogens is 2. The molecule has 1 aliphatic heterocycles. The Labute approximate surface area is 190 Å². The lowest BCUT2D eigenvalue weighted by Gasteiger charge is -2.24. The van der Waals surface area contributed by atoms with Gasteiger partial charge in [0, 0.05) is 24.3 Å². The van der Waals surface area contributed by atoms with E-state index in [-0.39, 0.29) is 30.2 Å². The molecule has 1 aliphatic rings. The second-order valence-electron chi connectivity index (χ2n) is 8.02. The predicted octanol–water partition coefficient (Wildman–Crippen LogP) is 3.27. The lowest BCUT2D eigenvalue weighted by molar-refractivity contribution is -0.135. The molecule has 174 valence electrons. The second-order valence-corrected chi connectivity index (χ2v) is 8.02. The molecule has 1 saturated heterocycles. The van der Waals surface area contributed by atoms with Crippen LogP contribution in [0.15, 0.2) is 28.1 Å². The summed E-state index contributed by atoms with van der Waals surface area (Å²) in [5.41, 5.74) is 8.67. The zero-order valence-electron chi connectivity index (χ0n) is 18.5. The summed E-state index contributed by atoms with van der Waals surface area (Å²) >= 11 is 0. The average molecular weight is 454 g/mol. The number of hydrogen-bond acceptors (Lipinski definition) is 6. The van der Waals surface area contributed by atoms with Crippen LogP contribution in [0.4, 0.5) is 5.69 Å². The molecule has 11 nitrogen and oxygen atoms in total. The van der Waals surface area contributed by atoms with Crippen molar-refractivity contribution in [3.8, 4) is 0 Å². The van der Waals surface area contributed by atoms with Crippen LogP contribution < -0.4 is 16.2 Å². The highest BCUT2D eigenvalue weighted by atomic mass is 16.2. The third-order valence-corrected chi connectivity index (χ3v) is 5.63. The molecule has 2 heterocycles. The van der Waals surface area contributed by atoms with Crippen LogP contribution in [0.1, 0.15) is 63.2 Å². The molecular formula is C22H27N7O4. The predicted molar refractivity (Wildman–Crippen MR) is 123 cm³/mol. The van der Waals surface area contributed by atoms with Crippen LogP contribution in [-0.2, 0) is 14.4 Å². The quantitative estimate of drug-likeness (QED) is 0.185. The van der Waals surface area contributed by atoms with E-state index in [0.29, 0.717) is 35.4 Å².